The van der Waals surface area contributed by atoms with Gasteiger partial charge in [-0.2, -0.15) is 13.2 Å². The highest BCUT2D eigenvalue weighted by Crippen LogP contribution is 2.40. The molecule has 1 aromatic heterocycles. The van der Waals surface area contributed by atoms with Crippen LogP contribution in [0.3, 0.4) is 0 Å². The van der Waals surface area contributed by atoms with Crippen LogP contribution < -0.4 is 10.1 Å². The molecule has 1 aromatic carbocycles. The standard InChI is InChI=1S/C20H23F3N2O2/c1-14-3-5-17(26-2)16(11-14)19(7-9-27-10-8-19)13-25-18-6-4-15(12-24-18)20(21,22)23/h3-6,11-12H,7-10,13H2,1-2H3,(H,24,25). The zero-order valence-electron chi connectivity index (χ0n) is 15.4. The summed E-state index contributed by atoms with van der Waals surface area (Å²) in [5, 5.41) is 3.21. The summed E-state index contributed by atoms with van der Waals surface area (Å²) in [5.41, 5.74) is 1.23. The summed E-state index contributed by atoms with van der Waals surface area (Å²) in [7, 11) is 1.64. The number of methoxy groups -OCH3 is 1. The maximum absolute atomic E-state index is 12.7. The fourth-order valence-electron chi connectivity index (χ4n) is 3.47. The van der Waals surface area contributed by atoms with E-state index in [0.717, 1.165) is 42.0 Å². The summed E-state index contributed by atoms with van der Waals surface area (Å²) >= 11 is 0. The average Bonchev–Trinajstić information content (AvgIpc) is 2.67. The van der Waals surface area contributed by atoms with E-state index in [2.05, 4.69) is 16.4 Å². The minimum Gasteiger partial charge on any atom is -0.496 e. The molecule has 2 aromatic rings. The van der Waals surface area contributed by atoms with Gasteiger partial charge < -0.3 is 14.8 Å². The summed E-state index contributed by atoms with van der Waals surface area (Å²) in [6, 6.07) is 8.48. The van der Waals surface area contributed by atoms with Gasteiger partial charge in [-0.1, -0.05) is 17.7 Å². The Balaban J connectivity index is 1.85. The Morgan fingerprint density at radius 1 is 1.19 bits per heavy atom. The largest absolute Gasteiger partial charge is 0.496 e. The van der Waals surface area contributed by atoms with Crippen molar-refractivity contribution in [3.8, 4) is 5.75 Å². The van der Waals surface area contributed by atoms with Crippen LogP contribution in [0.1, 0.15) is 29.5 Å². The van der Waals surface area contributed by atoms with Crippen molar-refractivity contribution in [2.75, 3.05) is 32.2 Å². The van der Waals surface area contributed by atoms with Gasteiger partial charge in [0.15, 0.2) is 0 Å². The van der Waals surface area contributed by atoms with Crippen LogP contribution in [0.15, 0.2) is 36.5 Å². The van der Waals surface area contributed by atoms with Crippen molar-refractivity contribution in [3.05, 3.63) is 53.2 Å². The zero-order valence-corrected chi connectivity index (χ0v) is 15.4. The number of rotatable bonds is 5. The van der Waals surface area contributed by atoms with Gasteiger partial charge >= 0.3 is 6.18 Å². The van der Waals surface area contributed by atoms with Crippen molar-refractivity contribution in [2.24, 2.45) is 0 Å². The van der Waals surface area contributed by atoms with Crippen LogP contribution in [0.25, 0.3) is 0 Å². The maximum atomic E-state index is 12.7. The van der Waals surface area contributed by atoms with Gasteiger partial charge in [0.25, 0.3) is 0 Å². The van der Waals surface area contributed by atoms with Crippen LogP contribution in [-0.4, -0.2) is 31.9 Å². The van der Waals surface area contributed by atoms with Gasteiger partial charge in [0, 0.05) is 36.9 Å². The quantitative estimate of drug-likeness (QED) is 0.825. The molecule has 1 N–H and O–H groups in total. The molecule has 3 rings (SSSR count). The van der Waals surface area contributed by atoms with E-state index in [4.69, 9.17) is 9.47 Å². The third-order valence-electron chi connectivity index (χ3n) is 5.07. The second-order valence-electron chi connectivity index (χ2n) is 6.88. The normalized spacial score (nSPS) is 16.8. The monoisotopic (exact) mass is 380 g/mol. The summed E-state index contributed by atoms with van der Waals surface area (Å²) in [6.07, 6.45) is -1.95. The maximum Gasteiger partial charge on any atom is 0.417 e. The van der Waals surface area contributed by atoms with E-state index >= 15 is 0 Å². The Bertz CT molecular complexity index is 770. The van der Waals surface area contributed by atoms with Crippen LogP contribution in [-0.2, 0) is 16.3 Å². The third kappa shape index (κ3) is 4.35. The SMILES string of the molecule is COc1ccc(C)cc1C1(CNc2ccc(C(F)(F)F)cn2)CCOCC1. The predicted molar refractivity (Wildman–Crippen MR) is 97.2 cm³/mol. The Morgan fingerprint density at radius 2 is 1.93 bits per heavy atom. The topological polar surface area (TPSA) is 43.4 Å². The van der Waals surface area contributed by atoms with Crippen molar-refractivity contribution in [2.45, 2.75) is 31.4 Å². The number of nitrogens with zero attached hydrogens (tertiary/aromatic N) is 1. The number of alkyl halides is 3. The molecule has 1 fully saturated rings. The molecule has 1 saturated heterocycles. The Labute approximate surface area is 156 Å². The summed E-state index contributed by atoms with van der Waals surface area (Å²) in [6.45, 7) is 3.81. The number of hydrogen-bond acceptors (Lipinski definition) is 4. The molecule has 0 saturated carbocycles. The van der Waals surface area contributed by atoms with E-state index in [-0.39, 0.29) is 5.41 Å². The Kier molecular flexibility index (Phi) is 5.60. The van der Waals surface area contributed by atoms with Crippen molar-refractivity contribution >= 4 is 5.82 Å². The van der Waals surface area contributed by atoms with Crippen LogP contribution in [0, 0.1) is 6.92 Å². The fraction of sp³-hybridized carbons (Fsp3) is 0.450. The first-order chi connectivity index (χ1) is 12.8. The molecule has 0 aliphatic carbocycles. The molecule has 4 nitrogen and oxygen atoms in total. The molecule has 2 heterocycles. The van der Waals surface area contributed by atoms with Crippen molar-refractivity contribution in [3.63, 3.8) is 0 Å². The number of nitrogens with one attached hydrogen (secondary N) is 1. The molecule has 1 aliphatic heterocycles. The van der Waals surface area contributed by atoms with Crippen LogP contribution in [0.5, 0.6) is 5.75 Å². The first kappa shape index (κ1) is 19.5. The van der Waals surface area contributed by atoms with Crippen LogP contribution in [0.2, 0.25) is 0 Å². The van der Waals surface area contributed by atoms with Gasteiger partial charge in [0.2, 0.25) is 0 Å². The lowest BCUT2D eigenvalue weighted by Crippen LogP contribution is -2.40. The third-order valence-corrected chi connectivity index (χ3v) is 5.07. The molecule has 146 valence electrons. The number of aryl methyl sites for hydroxylation is 1. The average molecular weight is 380 g/mol. The number of ether oxygens (including phenoxy) is 2. The number of hydrogen-bond donors (Lipinski definition) is 1. The van der Waals surface area contributed by atoms with Gasteiger partial charge in [-0.05, 0) is 38.0 Å². The van der Waals surface area contributed by atoms with E-state index in [1.165, 1.54) is 6.07 Å². The lowest BCUT2D eigenvalue weighted by Gasteiger charge is -2.39. The number of aromatic nitrogens is 1. The molecule has 0 amide bonds. The lowest BCUT2D eigenvalue weighted by atomic mass is 9.73. The van der Waals surface area contributed by atoms with Crippen molar-refractivity contribution in [1.82, 2.24) is 4.98 Å². The molecular weight excluding hydrogens is 357 g/mol. The molecule has 0 bridgehead atoms. The number of anilines is 1. The minimum absolute atomic E-state index is 0.236. The molecule has 7 heteroatoms. The Hall–Kier alpha value is -2.28. The molecule has 0 spiro atoms. The highest BCUT2D eigenvalue weighted by atomic mass is 19.4. The van der Waals surface area contributed by atoms with E-state index in [1.807, 2.05) is 19.1 Å². The molecule has 0 radical (unpaired) electrons. The summed E-state index contributed by atoms with van der Waals surface area (Å²) < 4.78 is 49.3. The van der Waals surface area contributed by atoms with E-state index < -0.39 is 11.7 Å². The molecule has 27 heavy (non-hydrogen) atoms. The zero-order chi connectivity index (χ0) is 19.5. The first-order valence-electron chi connectivity index (χ1n) is 8.84. The van der Waals surface area contributed by atoms with Crippen molar-refractivity contribution in [1.29, 1.82) is 0 Å². The highest BCUT2D eigenvalue weighted by Gasteiger charge is 2.37. The predicted octanol–water partition coefficient (Wildman–Crippen LogP) is 4.58. The van der Waals surface area contributed by atoms with Crippen LogP contribution in [0.4, 0.5) is 19.0 Å². The lowest BCUT2D eigenvalue weighted by molar-refractivity contribution is -0.137. The van der Waals surface area contributed by atoms with Gasteiger partial charge in [-0.25, -0.2) is 4.98 Å². The second kappa shape index (κ2) is 7.76. The number of halogens is 3. The van der Waals surface area contributed by atoms with Crippen molar-refractivity contribution < 1.29 is 22.6 Å². The van der Waals surface area contributed by atoms with Gasteiger partial charge in [-0.3, -0.25) is 0 Å². The molecule has 0 unspecified atom stereocenters. The molecular formula is C20H23F3N2O2. The molecule has 1 aliphatic rings. The highest BCUT2D eigenvalue weighted by molar-refractivity contribution is 5.45. The van der Waals surface area contributed by atoms with Gasteiger partial charge in [-0.15, -0.1) is 0 Å². The minimum atomic E-state index is -4.39. The van der Waals surface area contributed by atoms with Gasteiger partial charge in [0.05, 0.1) is 12.7 Å². The Morgan fingerprint density at radius 3 is 2.52 bits per heavy atom. The number of benzene rings is 1. The number of pyridine rings is 1. The summed E-state index contributed by atoms with van der Waals surface area (Å²) in [4.78, 5) is 3.92. The summed E-state index contributed by atoms with van der Waals surface area (Å²) in [5.74, 6) is 1.23. The fourth-order valence-corrected chi connectivity index (χ4v) is 3.47. The van der Waals surface area contributed by atoms with Gasteiger partial charge in [0.1, 0.15) is 11.6 Å². The van der Waals surface area contributed by atoms with E-state index in [1.54, 1.807) is 7.11 Å². The second-order valence-corrected chi connectivity index (χ2v) is 6.88. The van der Waals surface area contributed by atoms with E-state index in [9.17, 15) is 13.2 Å². The van der Waals surface area contributed by atoms with Crippen LogP contribution >= 0.6 is 0 Å². The molecule has 0 atom stereocenters. The smallest absolute Gasteiger partial charge is 0.417 e. The van der Waals surface area contributed by atoms with E-state index in [0.29, 0.717) is 25.6 Å². The first-order valence-corrected chi connectivity index (χ1v) is 8.84.